The Morgan fingerprint density at radius 1 is 0.895 bits per heavy atom. The summed E-state index contributed by atoms with van der Waals surface area (Å²) in [6, 6.07) is 15.9. The van der Waals surface area contributed by atoms with Crippen molar-refractivity contribution in [2.75, 3.05) is 12.0 Å². The summed E-state index contributed by atoms with van der Waals surface area (Å²) in [5.41, 5.74) is 0.00513. The molecule has 4 atom stereocenters. The van der Waals surface area contributed by atoms with Crippen LogP contribution in [0.4, 0.5) is 18.9 Å². The number of hydrogen-bond acceptors (Lipinski definition) is 6. The molecule has 0 saturated carbocycles. The number of carbonyl (C=O) groups is 3. The summed E-state index contributed by atoms with van der Waals surface area (Å²) >= 11 is 0. The molecule has 10 heteroatoms. The molecule has 0 aliphatic carbocycles. The Hall–Kier alpha value is -4.47. The first kappa shape index (κ1) is 23.9. The predicted molar refractivity (Wildman–Crippen MR) is 131 cm³/mol. The van der Waals surface area contributed by atoms with E-state index in [2.05, 4.69) is 5.10 Å². The SMILES string of the molecule is COc1ccc(C(=O)[C@@H]2[C@@H]3C(=O)N(c4ccccc4C(F)(F)F)C(=O)[C@@H]3[C@H]3c4ccccc4C=NN23)cc1. The lowest BCUT2D eigenvalue weighted by Gasteiger charge is -2.34. The number of nitrogens with zero attached hydrogens (tertiary/aromatic N) is 3. The van der Waals surface area contributed by atoms with Crippen LogP contribution in [0.25, 0.3) is 0 Å². The van der Waals surface area contributed by atoms with E-state index in [9.17, 15) is 27.6 Å². The molecular weight excluding hydrogens is 499 g/mol. The Morgan fingerprint density at radius 2 is 1.55 bits per heavy atom. The Balaban J connectivity index is 1.50. The van der Waals surface area contributed by atoms with Crippen LogP contribution in [-0.2, 0) is 15.8 Å². The lowest BCUT2D eigenvalue weighted by Crippen LogP contribution is -2.45. The monoisotopic (exact) mass is 519 g/mol. The number of imide groups is 1. The molecule has 0 aromatic heterocycles. The summed E-state index contributed by atoms with van der Waals surface area (Å²) < 4.78 is 46.7. The number of amides is 2. The summed E-state index contributed by atoms with van der Waals surface area (Å²) in [5, 5.41) is 5.93. The number of rotatable bonds is 4. The number of hydrazone groups is 1. The van der Waals surface area contributed by atoms with Gasteiger partial charge in [0, 0.05) is 5.56 Å². The van der Waals surface area contributed by atoms with Crippen molar-refractivity contribution in [3.8, 4) is 5.75 Å². The molecule has 0 radical (unpaired) electrons. The first-order valence-electron chi connectivity index (χ1n) is 11.9. The summed E-state index contributed by atoms with van der Waals surface area (Å²) in [6.45, 7) is 0. The summed E-state index contributed by atoms with van der Waals surface area (Å²) in [7, 11) is 1.49. The quantitative estimate of drug-likeness (QED) is 0.375. The van der Waals surface area contributed by atoms with Gasteiger partial charge in [0.25, 0.3) is 0 Å². The molecule has 2 amide bonds. The van der Waals surface area contributed by atoms with Crippen LogP contribution >= 0.6 is 0 Å². The van der Waals surface area contributed by atoms with Gasteiger partial charge in [0.05, 0.1) is 42.5 Å². The molecule has 3 aliphatic rings. The second kappa shape index (κ2) is 8.54. The number of para-hydroxylation sites is 1. The van der Waals surface area contributed by atoms with Gasteiger partial charge in [0.2, 0.25) is 11.8 Å². The topological polar surface area (TPSA) is 79.3 Å². The Labute approximate surface area is 215 Å². The van der Waals surface area contributed by atoms with E-state index in [4.69, 9.17) is 4.74 Å². The van der Waals surface area contributed by atoms with Gasteiger partial charge >= 0.3 is 6.18 Å². The maximum Gasteiger partial charge on any atom is 0.418 e. The number of methoxy groups -OCH3 is 1. The van der Waals surface area contributed by atoms with E-state index in [1.165, 1.54) is 24.3 Å². The molecule has 7 nitrogen and oxygen atoms in total. The van der Waals surface area contributed by atoms with Crippen LogP contribution in [0.1, 0.15) is 33.1 Å². The summed E-state index contributed by atoms with van der Waals surface area (Å²) in [5.74, 6) is -3.92. The smallest absolute Gasteiger partial charge is 0.418 e. The van der Waals surface area contributed by atoms with E-state index < -0.39 is 58.9 Å². The van der Waals surface area contributed by atoms with Crippen molar-refractivity contribution in [3.05, 3.63) is 95.1 Å². The second-order valence-electron chi connectivity index (χ2n) is 9.31. The van der Waals surface area contributed by atoms with Gasteiger partial charge in [-0.15, -0.1) is 0 Å². The second-order valence-corrected chi connectivity index (χ2v) is 9.31. The van der Waals surface area contributed by atoms with Gasteiger partial charge in [0.15, 0.2) is 5.78 Å². The maximum absolute atomic E-state index is 13.9. The van der Waals surface area contributed by atoms with E-state index in [-0.39, 0.29) is 5.56 Å². The average molecular weight is 519 g/mol. The highest BCUT2D eigenvalue weighted by Crippen LogP contribution is 2.54. The minimum atomic E-state index is -4.79. The number of halogens is 3. The van der Waals surface area contributed by atoms with Crippen LogP contribution < -0.4 is 9.64 Å². The first-order valence-corrected chi connectivity index (χ1v) is 11.9. The van der Waals surface area contributed by atoms with Crippen LogP contribution in [0, 0.1) is 11.8 Å². The number of Topliss-reactive ketones (excluding diaryl/α,β-unsaturated/α-hetero) is 1. The summed E-state index contributed by atoms with van der Waals surface area (Å²) in [6.07, 6.45) is -3.23. The Bertz CT molecular complexity index is 1500. The molecular formula is C28H20F3N3O4. The zero-order valence-corrected chi connectivity index (χ0v) is 19.9. The third-order valence-corrected chi connectivity index (χ3v) is 7.39. The largest absolute Gasteiger partial charge is 0.497 e. The third kappa shape index (κ3) is 3.43. The van der Waals surface area contributed by atoms with E-state index in [0.717, 1.165) is 12.1 Å². The number of benzene rings is 3. The molecule has 2 saturated heterocycles. The fraction of sp³-hybridized carbons (Fsp3) is 0.214. The normalized spacial score (nSPS) is 23.8. The van der Waals surface area contributed by atoms with Crippen LogP contribution in [0.3, 0.4) is 0 Å². The van der Waals surface area contributed by atoms with Gasteiger partial charge < -0.3 is 4.74 Å². The van der Waals surface area contributed by atoms with Crippen molar-refractivity contribution >= 4 is 29.5 Å². The molecule has 38 heavy (non-hydrogen) atoms. The minimum Gasteiger partial charge on any atom is -0.497 e. The average Bonchev–Trinajstić information content (AvgIpc) is 3.40. The number of alkyl halides is 3. The van der Waals surface area contributed by atoms with E-state index in [1.54, 1.807) is 54.7 Å². The molecule has 3 heterocycles. The zero-order valence-electron chi connectivity index (χ0n) is 19.9. The molecule has 0 N–H and O–H groups in total. The lowest BCUT2D eigenvalue weighted by molar-refractivity contribution is -0.137. The summed E-state index contributed by atoms with van der Waals surface area (Å²) in [4.78, 5) is 42.2. The van der Waals surface area contributed by atoms with Gasteiger partial charge in [-0.25, -0.2) is 4.90 Å². The molecule has 0 spiro atoms. The Kier molecular flexibility index (Phi) is 5.37. The highest BCUT2D eigenvalue weighted by Gasteiger charge is 2.65. The van der Waals surface area contributed by atoms with Gasteiger partial charge in [-0.1, -0.05) is 36.4 Å². The van der Waals surface area contributed by atoms with Crippen molar-refractivity contribution in [2.24, 2.45) is 16.9 Å². The van der Waals surface area contributed by atoms with Crippen molar-refractivity contribution in [1.29, 1.82) is 0 Å². The van der Waals surface area contributed by atoms with Gasteiger partial charge in [-0.2, -0.15) is 18.3 Å². The van der Waals surface area contributed by atoms with E-state index >= 15 is 0 Å². The van der Waals surface area contributed by atoms with Crippen LogP contribution in [0.2, 0.25) is 0 Å². The minimum absolute atomic E-state index is 0.263. The van der Waals surface area contributed by atoms with Crippen LogP contribution in [0.5, 0.6) is 5.75 Å². The molecule has 0 unspecified atom stereocenters. The maximum atomic E-state index is 13.9. The van der Waals surface area contributed by atoms with E-state index in [1.807, 2.05) is 0 Å². The number of ether oxygens (including phenoxy) is 1. The lowest BCUT2D eigenvalue weighted by atomic mass is 9.83. The molecule has 192 valence electrons. The van der Waals surface area contributed by atoms with Crippen LogP contribution in [0.15, 0.2) is 77.9 Å². The number of fused-ring (bicyclic) bond motifs is 5. The fourth-order valence-electron chi connectivity index (χ4n) is 5.74. The zero-order chi connectivity index (χ0) is 26.8. The van der Waals surface area contributed by atoms with Gasteiger partial charge in [0.1, 0.15) is 11.8 Å². The first-order chi connectivity index (χ1) is 18.2. The van der Waals surface area contributed by atoms with Crippen molar-refractivity contribution in [1.82, 2.24) is 5.01 Å². The van der Waals surface area contributed by atoms with Crippen LogP contribution in [-0.4, -0.2) is 42.0 Å². The van der Waals surface area contributed by atoms with E-state index in [0.29, 0.717) is 21.8 Å². The Morgan fingerprint density at radius 3 is 2.26 bits per heavy atom. The highest BCUT2D eigenvalue weighted by molar-refractivity contribution is 6.25. The van der Waals surface area contributed by atoms with Crippen molar-refractivity contribution in [3.63, 3.8) is 0 Å². The third-order valence-electron chi connectivity index (χ3n) is 7.39. The molecule has 3 aliphatic heterocycles. The molecule has 2 fully saturated rings. The number of anilines is 1. The molecule has 3 aromatic carbocycles. The molecule has 0 bridgehead atoms. The van der Waals surface area contributed by atoms with Gasteiger partial charge in [-0.05, 0) is 47.5 Å². The van der Waals surface area contributed by atoms with Crippen molar-refractivity contribution < 1.29 is 32.3 Å². The highest BCUT2D eigenvalue weighted by atomic mass is 19.4. The van der Waals surface area contributed by atoms with Crippen molar-refractivity contribution in [2.45, 2.75) is 18.3 Å². The molecule has 6 rings (SSSR count). The standard InChI is InChI=1S/C28H20F3N3O4/c1-38-17-12-10-15(11-13-17)25(35)24-22-21(23-18-7-3-2-6-16(18)14-32-34(23)24)26(36)33(27(22)37)20-9-5-4-8-19(20)28(29,30)31/h2-14,21-24H,1H3/t21-,22+,23+,24-/m0/s1. The number of hydrogen-bond donors (Lipinski definition) is 0. The molecule has 3 aromatic rings. The predicted octanol–water partition coefficient (Wildman–Crippen LogP) is 4.48. The van der Waals surface area contributed by atoms with Gasteiger partial charge in [-0.3, -0.25) is 19.4 Å². The number of ketones is 1. The fourth-order valence-corrected chi connectivity index (χ4v) is 5.74. The number of carbonyl (C=O) groups excluding carboxylic acids is 3.